The van der Waals surface area contributed by atoms with Gasteiger partial charge in [-0.2, -0.15) is 13.2 Å². The van der Waals surface area contributed by atoms with Gasteiger partial charge in [-0.05, 0) is 32.4 Å². The van der Waals surface area contributed by atoms with Crippen molar-refractivity contribution in [1.29, 1.82) is 0 Å². The van der Waals surface area contributed by atoms with Crippen molar-refractivity contribution in [3.05, 3.63) is 29.6 Å². The fourth-order valence-corrected chi connectivity index (χ4v) is 1.94. The number of benzene rings is 1. The predicted molar refractivity (Wildman–Crippen MR) is 73.9 cm³/mol. The van der Waals surface area contributed by atoms with Crippen LogP contribution < -0.4 is 10.1 Å². The maximum absolute atomic E-state index is 13.8. The molecule has 0 amide bonds. The average Bonchev–Trinajstić information content (AvgIpc) is 2.41. The topological polar surface area (TPSA) is 21.3 Å². The largest absolute Gasteiger partial charge is 0.490 e. The van der Waals surface area contributed by atoms with E-state index in [4.69, 9.17) is 4.74 Å². The smallest absolute Gasteiger partial charge is 0.389 e. The molecule has 1 unspecified atom stereocenters. The van der Waals surface area contributed by atoms with Crippen LogP contribution in [0.5, 0.6) is 5.75 Å². The lowest BCUT2D eigenvalue weighted by atomic mass is 10.1. The van der Waals surface area contributed by atoms with Gasteiger partial charge < -0.3 is 10.1 Å². The number of hydrogen-bond donors (Lipinski definition) is 1. The summed E-state index contributed by atoms with van der Waals surface area (Å²) in [4.78, 5) is 0. The molecule has 21 heavy (non-hydrogen) atoms. The zero-order chi connectivity index (χ0) is 15.9. The first-order valence-corrected chi connectivity index (χ1v) is 7.06. The van der Waals surface area contributed by atoms with Gasteiger partial charge in [-0.3, -0.25) is 0 Å². The third-order valence-corrected chi connectivity index (χ3v) is 3.02. The third kappa shape index (κ3) is 6.33. The molecule has 0 spiro atoms. The Balaban J connectivity index is 2.67. The first-order chi connectivity index (χ1) is 9.85. The molecule has 0 aromatic heterocycles. The summed E-state index contributed by atoms with van der Waals surface area (Å²) in [5, 5.41) is 3.20. The maximum Gasteiger partial charge on any atom is 0.389 e. The van der Waals surface area contributed by atoms with Gasteiger partial charge in [0.1, 0.15) is 0 Å². The first kappa shape index (κ1) is 17.8. The summed E-state index contributed by atoms with van der Waals surface area (Å²) in [6, 6.07) is 4.40. The van der Waals surface area contributed by atoms with Crippen LogP contribution in [0.15, 0.2) is 18.2 Å². The van der Waals surface area contributed by atoms with E-state index in [-0.39, 0.29) is 24.8 Å². The standard InChI is InChI=1S/C15H21F4NO/c1-3-9-20-11(2)12-6-4-7-13(16)14(12)21-10-5-8-15(17,18)19/h4,6-7,11,20H,3,5,8-10H2,1-2H3. The number of rotatable bonds is 8. The van der Waals surface area contributed by atoms with Gasteiger partial charge in [0.2, 0.25) is 0 Å². The third-order valence-electron chi connectivity index (χ3n) is 3.02. The van der Waals surface area contributed by atoms with E-state index in [1.165, 1.54) is 6.07 Å². The van der Waals surface area contributed by atoms with E-state index in [1.807, 2.05) is 13.8 Å². The van der Waals surface area contributed by atoms with E-state index in [2.05, 4.69) is 5.32 Å². The molecule has 0 saturated heterocycles. The van der Waals surface area contributed by atoms with Crippen molar-refractivity contribution in [2.75, 3.05) is 13.2 Å². The van der Waals surface area contributed by atoms with E-state index < -0.39 is 18.4 Å². The van der Waals surface area contributed by atoms with Crippen LogP contribution in [0, 0.1) is 5.82 Å². The molecule has 0 bridgehead atoms. The molecule has 1 aromatic rings. The second-order valence-corrected chi connectivity index (χ2v) is 4.90. The molecule has 0 aliphatic rings. The number of nitrogens with one attached hydrogen (secondary N) is 1. The molecule has 0 saturated carbocycles. The van der Waals surface area contributed by atoms with Crippen molar-refractivity contribution in [2.24, 2.45) is 0 Å². The lowest BCUT2D eigenvalue weighted by molar-refractivity contribution is -0.136. The molecule has 0 heterocycles. The summed E-state index contributed by atoms with van der Waals surface area (Å²) < 4.78 is 55.3. The second-order valence-electron chi connectivity index (χ2n) is 4.90. The van der Waals surface area contributed by atoms with Crippen LogP contribution in [0.25, 0.3) is 0 Å². The number of hydrogen-bond acceptors (Lipinski definition) is 2. The van der Waals surface area contributed by atoms with Gasteiger partial charge in [-0.25, -0.2) is 4.39 Å². The molecule has 0 aliphatic carbocycles. The first-order valence-electron chi connectivity index (χ1n) is 7.06. The van der Waals surface area contributed by atoms with Gasteiger partial charge in [0.25, 0.3) is 0 Å². The minimum atomic E-state index is -4.21. The molecule has 1 atom stereocenters. The molecular weight excluding hydrogens is 286 g/mol. The van der Waals surface area contributed by atoms with Crippen molar-refractivity contribution in [1.82, 2.24) is 5.32 Å². The van der Waals surface area contributed by atoms with Gasteiger partial charge in [0.15, 0.2) is 11.6 Å². The number of ether oxygens (including phenoxy) is 1. The number of para-hydroxylation sites is 1. The Morgan fingerprint density at radius 1 is 1.29 bits per heavy atom. The van der Waals surface area contributed by atoms with Crippen LogP contribution in [0.1, 0.15) is 44.7 Å². The molecule has 0 aliphatic heterocycles. The summed E-state index contributed by atoms with van der Waals surface area (Å²) in [7, 11) is 0. The van der Waals surface area contributed by atoms with E-state index >= 15 is 0 Å². The molecule has 1 N–H and O–H groups in total. The predicted octanol–water partition coefficient (Wildman–Crippen LogP) is 4.61. The molecule has 2 nitrogen and oxygen atoms in total. The normalized spacial score (nSPS) is 13.2. The zero-order valence-electron chi connectivity index (χ0n) is 12.3. The highest BCUT2D eigenvalue weighted by Crippen LogP contribution is 2.29. The fourth-order valence-electron chi connectivity index (χ4n) is 1.94. The Hall–Kier alpha value is -1.30. The van der Waals surface area contributed by atoms with Crippen molar-refractivity contribution in [2.45, 2.75) is 45.3 Å². The molecule has 6 heteroatoms. The lowest BCUT2D eigenvalue weighted by Crippen LogP contribution is -2.20. The fraction of sp³-hybridized carbons (Fsp3) is 0.600. The Labute approximate surface area is 122 Å². The molecule has 1 rings (SSSR count). The van der Waals surface area contributed by atoms with E-state index in [0.29, 0.717) is 5.56 Å². The van der Waals surface area contributed by atoms with Gasteiger partial charge in [-0.1, -0.05) is 19.1 Å². The highest BCUT2D eigenvalue weighted by Gasteiger charge is 2.26. The van der Waals surface area contributed by atoms with Crippen LogP contribution >= 0.6 is 0 Å². The second kappa shape index (κ2) is 8.22. The summed E-state index contributed by atoms with van der Waals surface area (Å²) in [6.07, 6.45) is -4.40. The maximum atomic E-state index is 13.8. The molecule has 1 aromatic carbocycles. The molecule has 0 radical (unpaired) electrons. The monoisotopic (exact) mass is 307 g/mol. The van der Waals surface area contributed by atoms with Crippen molar-refractivity contribution >= 4 is 0 Å². The summed E-state index contributed by atoms with van der Waals surface area (Å²) in [5.74, 6) is -0.513. The summed E-state index contributed by atoms with van der Waals surface area (Å²) >= 11 is 0. The van der Waals surface area contributed by atoms with E-state index in [1.54, 1.807) is 12.1 Å². The van der Waals surface area contributed by atoms with Crippen molar-refractivity contribution in [3.63, 3.8) is 0 Å². The Bertz CT molecular complexity index is 434. The molecule has 0 fully saturated rings. The highest BCUT2D eigenvalue weighted by molar-refractivity contribution is 5.37. The van der Waals surface area contributed by atoms with Crippen LogP contribution in [0.4, 0.5) is 17.6 Å². The Kier molecular flexibility index (Phi) is 6.95. The number of halogens is 4. The van der Waals surface area contributed by atoms with Crippen molar-refractivity contribution in [3.8, 4) is 5.75 Å². The van der Waals surface area contributed by atoms with E-state index in [0.717, 1.165) is 13.0 Å². The molecular formula is C15H21F4NO. The number of alkyl halides is 3. The van der Waals surface area contributed by atoms with Crippen LogP contribution in [-0.2, 0) is 0 Å². The van der Waals surface area contributed by atoms with Crippen LogP contribution in [-0.4, -0.2) is 19.3 Å². The minimum Gasteiger partial charge on any atom is -0.490 e. The van der Waals surface area contributed by atoms with Gasteiger partial charge in [-0.15, -0.1) is 0 Å². The average molecular weight is 307 g/mol. The molecule has 120 valence electrons. The van der Waals surface area contributed by atoms with Gasteiger partial charge in [0.05, 0.1) is 6.61 Å². The zero-order valence-corrected chi connectivity index (χ0v) is 12.3. The Morgan fingerprint density at radius 2 is 2.00 bits per heavy atom. The van der Waals surface area contributed by atoms with Crippen LogP contribution in [0.3, 0.4) is 0 Å². The van der Waals surface area contributed by atoms with Crippen molar-refractivity contribution < 1.29 is 22.3 Å². The quantitative estimate of drug-likeness (QED) is 0.559. The summed E-state index contributed by atoms with van der Waals surface area (Å²) in [5.41, 5.74) is 0.621. The summed E-state index contributed by atoms with van der Waals surface area (Å²) in [6.45, 7) is 4.49. The van der Waals surface area contributed by atoms with Crippen LogP contribution in [0.2, 0.25) is 0 Å². The highest BCUT2D eigenvalue weighted by atomic mass is 19.4. The Morgan fingerprint density at radius 3 is 2.62 bits per heavy atom. The van der Waals surface area contributed by atoms with E-state index in [9.17, 15) is 17.6 Å². The van der Waals surface area contributed by atoms with Gasteiger partial charge >= 0.3 is 6.18 Å². The lowest BCUT2D eigenvalue weighted by Gasteiger charge is -2.18. The minimum absolute atomic E-state index is 0.0378. The SMILES string of the molecule is CCCNC(C)c1cccc(F)c1OCCCC(F)(F)F. The van der Waals surface area contributed by atoms with Gasteiger partial charge in [0, 0.05) is 18.0 Å².